The first-order valence-electron chi connectivity index (χ1n) is 13.6. The van der Waals surface area contributed by atoms with Crippen molar-refractivity contribution in [3.63, 3.8) is 0 Å². The van der Waals surface area contributed by atoms with Gasteiger partial charge in [-0.1, -0.05) is 19.3 Å². The fraction of sp³-hybridized carbons (Fsp3) is 0.467. The number of fused-ring (bicyclic) bond motifs is 3. The third kappa shape index (κ3) is 4.68. The highest BCUT2D eigenvalue weighted by atomic mass is 16.5. The van der Waals surface area contributed by atoms with E-state index in [1.807, 2.05) is 6.92 Å². The lowest BCUT2D eigenvalue weighted by Gasteiger charge is -2.50. The Hall–Kier alpha value is -4.34. The normalized spacial score (nSPS) is 24.9. The number of phenols is 1. The number of esters is 1. The fourth-order valence-corrected chi connectivity index (χ4v) is 6.26. The third-order valence-corrected chi connectivity index (χ3v) is 8.21. The molecule has 42 heavy (non-hydrogen) atoms. The lowest BCUT2D eigenvalue weighted by Crippen LogP contribution is -2.63. The minimum Gasteiger partial charge on any atom is -0.510 e. The van der Waals surface area contributed by atoms with E-state index < -0.39 is 69.8 Å². The van der Waals surface area contributed by atoms with Crippen LogP contribution in [-0.2, 0) is 25.5 Å². The number of hydrogen-bond acceptors (Lipinski definition) is 11. The maximum absolute atomic E-state index is 14.0. The number of anilines is 1. The van der Waals surface area contributed by atoms with Gasteiger partial charge in [0.25, 0.3) is 5.91 Å². The molecule has 0 spiro atoms. The van der Waals surface area contributed by atoms with E-state index in [-0.39, 0.29) is 36.1 Å². The summed E-state index contributed by atoms with van der Waals surface area (Å²) >= 11 is 0. The predicted molar refractivity (Wildman–Crippen MR) is 151 cm³/mol. The van der Waals surface area contributed by atoms with Crippen LogP contribution in [-0.4, -0.2) is 95.2 Å². The van der Waals surface area contributed by atoms with Crippen LogP contribution >= 0.6 is 0 Å². The molecule has 0 fully saturated rings. The van der Waals surface area contributed by atoms with Crippen LogP contribution in [0.1, 0.15) is 47.7 Å². The van der Waals surface area contributed by atoms with E-state index in [2.05, 4.69) is 11.8 Å². The zero-order valence-electron chi connectivity index (χ0n) is 24.1. The Balaban J connectivity index is 1.89. The highest BCUT2D eigenvalue weighted by Crippen LogP contribution is 2.53. The number of amides is 1. The van der Waals surface area contributed by atoms with Crippen molar-refractivity contribution in [2.45, 2.75) is 44.2 Å². The average Bonchev–Trinajstić information content (AvgIpc) is 2.89. The van der Waals surface area contributed by atoms with Crippen LogP contribution in [0.5, 0.6) is 5.75 Å². The number of carbonyl (C=O) groups excluding carboxylic acids is 4. The van der Waals surface area contributed by atoms with Crippen molar-refractivity contribution in [3.8, 4) is 17.6 Å². The molecule has 0 saturated heterocycles. The number of nitrogens with two attached hydrogens (primary N) is 1. The van der Waals surface area contributed by atoms with E-state index >= 15 is 0 Å². The summed E-state index contributed by atoms with van der Waals surface area (Å²) < 4.78 is 5.04. The van der Waals surface area contributed by atoms with Gasteiger partial charge in [0.1, 0.15) is 22.8 Å². The summed E-state index contributed by atoms with van der Waals surface area (Å²) in [7, 11) is 6.59. The molecule has 12 heteroatoms. The van der Waals surface area contributed by atoms with Crippen molar-refractivity contribution in [2.75, 3.05) is 39.7 Å². The van der Waals surface area contributed by atoms with Crippen LogP contribution in [0.25, 0.3) is 0 Å². The Bertz CT molecular complexity index is 1510. The van der Waals surface area contributed by atoms with Crippen molar-refractivity contribution in [2.24, 2.45) is 17.6 Å². The molecular formula is C30H35N3O9. The van der Waals surface area contributed by atoms with Gasteiger partial charge in [0.15, 0.2) is 11.4 Å². The number of hydrogen-bond donors (Lipinski definition) is 5. The van der Waals surface area contributed by atoms with Gasteiger partial charge in [-0.3, -0.25) is 19.3 Å². The molecule has 0 aliphatic heterocycles. The number of ether oxygens (including phenoxy) is 1. The Morgan fingerprint density at radius 3 is 2.40 bits per heavy atom. The van der Waals surface area contributed by atoms with Gasteiger partial charge in [0.2, 0.25) is 5.78 Å². The summed E-state index contributed by atoms with van der Waals surface area (Å²) in [5.74, 6) is -3.31. The zero-order chi connectivity index (χ0) is 31.3. The first-order valence-corrected chi connectivity index (χ1v) is 13.6. The van der Waals surface area contributed by atoms with Crippen molar-refractivity contribution < 1.29 is 44.3 Å². The molecule has 0 saturated carbocycles. The topological polar surface area (TPSA) is 191 Å². The average molecular weight is 582 g/mol. The number of Topliss-reactive ketones (excluding diaryl/α,β-unsaturated/α-hetero) is 2. The van der Waals surface area contributed by atoms with Crippen LogP contribution in [0.3, 0.4) is 0 Å². The minimum atomic E-state index is -2.73. The number of unbranched alkanes of at least 4 members (excludes halogenated alkanes) is 1. The van der Waals surface area contributed by atoms with Gasteiger partial charge in [-0.15, -0.1) is 0 Å². The number of carbonyl (C=O) groups is 4. The highest BCUT2D eigenvalue weighted by molar-refractivity contribution is 6.25. The molecule has 0 heterocycles. The van der Waals surface area contributed by atoms with E-state index in [1.165, 1.54) is 4.90 Å². The van der Waals surface area contributed by atoms with Crippen LogP contribution < -0.4 is 10.6 Å². The minimum absolute atomic E-state index is 0.0233. The first kappa shape index (κ1) is 30.6. The molecule has 6 N–H and O–H groups in total. The summed E-state index contributed by atoms with van der Waals surface area (Å²) in [6, 6.07) is 0.467. The SMILES string of the molecule is CCCCOC(=O)C#Cc1cc(N(C)C)c2c(c1O)C(=O)C1=C(O)[C@]3(O)C(=O)C(C(N)=O)=C(O)[C@H](N(C)C)[C@@H]3C[C@@H]1C2. The number of phenolic OH excluding ortho intramolecular Hbond substituents is 1. The van der Waals surface area contributed by atoms with E-state index in [0.29, 0.717) is 17.7 Å². The van der Waals surface area contributed by atoms with Crippen LogP contribution in [0.4, 0.5) is 5.69 Å². The van der Waals surface area contributed by atoms with E-state index in [9.17, 15) is 39.6 Å². The molecule has 0 radical (unpaired) electrons. The van der Waals surface area contributed by atoms with Gasteiger partial charge in [0, 0.05) is 37.2 Å². The molecule has 4 rings (SSSR count). The van der Waals surface area contributed by atoms with Crippen molar-refractivity contribution in [1.82, 2.24) is 4.90 Å². The smallest absolute Gasteiger partial charge is 0.384 e. The van der Waals surface area contributed by atoms with Crippen molar-refractivity contribution in [3.05, 3.63) is 45.4 Å². The second kappa shape index (κ2) is 11.2. The Kier molecular flexibility index (Phi) is 8.13. The molecule has 3 aliphatic carbocycles. The van der Waals surface area contributed by atoms with E-state index in [4.69, 9.17) is 10.5 Å². The molecular weight excluding hydrogens is 546 g/mol. The van der Waals surface area contributed by atoms with Gasteiger partial charge in [-0.05, 0) is 50.9 Å². The molecule has 3 aliphatic rings. The van der Waals surface area contributed by atoms with Gasteiger partial charge >= 0.3 is 5.97 Å². The molecule has 224 valence electrons. The molecule has 1 amide bonds. The Morgan fingerprint density at radius 2 is 1.83 bits per heavy atom. The number of nitrogens with zero attached hydrogens (tertiary/aromatic N) is 2. The van der Waals surface area contributed by atoms with Crippen LogP contribution in [0.15, 0.2) is 28.7 Å². The molecule has 0 aromatic heterocycles. The number of ketones is 2. The zero-order valence-corrected chi connectivity index (χ0v) is 24.1. The van der Waals surface area contributed by atoms with Gasteiger partial charge < -0.3 is 35.8 Å². The monoisotopic (exact) mass is 581 g/mol. The largest absolute Gasteiger partial charge is 0.510 e. The predicted octanol–water partition coefficient (Wildman–Crippen LogP) is 0.881. The van der Waals surface area contributed by atoms with Crippen LogP contribution in [0.2, 0.25) is 0 Å². The second-order valence-corrected chi connectivity index (χ2v) is 11.2. The lowest BCUT2D eigenvalue weighted by molar-refractivity contribution is -0.148. The number of aliphatic hydroxyl groups is 3. The number of primary amides is 1. The molecule has 0 unspecified atom stereocenters. The maximum atomic E-state index is 14.0. The van der Waals surface area contributed by atoms with E-state index in [1.54, 1.807) is 39.2 Å². The van der Waals surface area contributed by atoms with Gasteiger partial charge in [-0.2, -0.15) is 0 Å². The number of rotatable bonds is 6. The van der Waals surface area contributed by atoms with Gasteiger partial charge in [-0.25, -0.2) is 4.79 Å². The van der Waals surface area contributed by atoms with E-state index in [0.717, 1.165) is 6.42 Å². The molecule has 1 aromatic carbocycles. The summed E-state index contributed by atoms with van der Waals surface area (Å²) in [5.41, 5.74) is 2.25. The molecule has 1 aromatic rings. The first-order chi connectivity index (χ1) is 19.7. The summed E-state index contributed by atoms with van der Waals surface area (Å²) in [6.07, 6.45) is 1.59. The number of allylic oxidation sites excluding steroid dienone is 1. The highest BCUT2D eigenvalue weighted by Gasteiger charge is 2.63. The summed E-state index contributed by atoms with van der Waals surface area (Å²) in [5, 5.41) is 45.3. The third-order valence-electron chi connectivity index (χ3n) is 8.21. The maximum Gasteiger partial charge on any atom is 0.384 e. The number of likely N-dealkylation sites (N-methyl/N-ethyl adjacent to an activating group) is 1. The number of aromatic hydroxyl groups is 1. The Morgan fingerprint density at radius 1 is 1.17 bits per heavy atom. The fourth-order valence-electron chi connectivity index (χ4n) is 6.26. The standard InChI is InChI=1S/C30H35N3O9/c1-6-7-10-42-19(34)9-8-14-13-18(32(2)3)16-11-15-12-17-23(33(4)5)26(37)22(29(31)40)28(39)30(17,41)27(38)20(15)25(36)21(16)24(14)35/h13,15,17,23,35,37-38,41H,6-7,10-12H2,1-5H3,(H2,31,40)/t15-,17-,23+,30-/m0/s1. The van der Waals surface area contributed by atoms with Crippen molar-refractivity contribution >= 4 is 29.1 Å². The van der Waals surface area contributed by atoms with Gasteiger partial charge in [0.05, 0.1) is 23.8 Å². The number of aliphatic hydroxyl groups excluding tert-OH is 2. The van der Waals surface area contributed by atoms with Crippen LogP contribution in [0, 0.1) is 23.7 Å². The summed E-state index contributed by atoms with van der Waals surface area (Å²) in [4.78, 5) is 54.9. The molecule has 0 bridgehead atoms. The summed E-state index contributed by atoms with van der Waals surface area (Å²) in [6.45, 7) is 2.13. The number of benzene rings is 1. The molecule has 12 nitrogen and oxygen atoms in total. The lowest BCUT2D eigenvalue weighted by atomic mass is 9.58. The molecule has 4 atom stereocenters. The van der Waals surface area contributed by atoms with Crippen molar-refractivity contribution in [1.29, 1.82) is 0 Å². The quantitative estimate of drug-likeness (QED) is 0.139. The Labute approximate surface area is 243 Å². The second-order valence-electron chi connectivity index (χ2n) is 11.2.